The zero-order valence-corrected chi connectivity index (χ0v) is 9.74. The van der Waals surface area contributed by atoms with E-state index < -0.39 is 0 Å². The van der Waals surface area contributed by atoms with Crippen LogP contribution < -0.4 is 0 Å². The summed E-state index contributed by atoms with van der Waals surface area (Å²) in [7, 11) is 0. The van der Waals surface area contributed by atoms with Crippen molar-refractivity contribution in [1.29, 1.82) is 0 Å². The third-order valence-electron chi connectivity index (χ3n) is 3.08. The molecule has 0 atom stereocenters. The molecular formula is C14H12N2O. The Kier molecular flexibility index (Phi) is 2.01. The number of carbonyl (C=O) groups excluding carboxylic acids is 1. The molecule has 2 heterocycles. The number of nitrogens with one attached hydrogen (secondary N) is 1. The second kappa shape index (κ2) is 3.42. The molecule has 84 valence electrons. The number of aromatic nitrogens is 2. The number of aryl methyl sites for hydroxylation is 1. The highest BCUT2D eigenvalue weighted by Gasteiger charge is 2.14. The Morgan fingerprint density at radius 2 is 2.12 bits per heavy atom. The van der Waals surface area contributed by atoms with Gasteiger partial charge in [-0.2, -0.15) is 0 Å². The molecule has 3 rings (SSSR count). The highest BCUT2D eigenvalue weighted by Crippen LogP contribution is 2.28. The molecule has 1 aromatic carbocycles. The first-order valence-corrected chi connectivity index (χ1v) is 5.55. The van der Waals surface area contributed by atoms with Gasteiger partial charge < -0.3 is 4.98 Å². The number of carbonyl (C=O) groups is 1. The fraction of sp³-hybridized carbons (Fsp3) is 0.143. The summed E-state index contributed by atoms with van der Waals surface area (Å²) >= 11 is 0. The standard InChI is InChI=1S/C14H12N2O/c1-8-12(9(2)17)11-6-5-10-4-3-7-15-13(10)14(11)16-8/h3-7,16H,1-2H3. The van der Waals surface area contributed by atoms with Crippen LogP contribution in [0.1, 0.15) is 23.0 Å². The minimum absolute atomic E-state index is 0.0871. The summed E-state index contributed by atoms with van der Waals surface area (Å²) in [4.78, 5) is 19.3. The van der Waals surface area contributed by atoms with E-state index in [0.717, 1.165) is 33.1 Å². The number of hydrogen-bond acceptors (Lipinski definition) is 2. The van der Waals surface area contributed by atoms with Crippen molar-refractivity contribution in [2.45, 2.75) is 13.8 Å². The Hall–Kier alpha value is -2.16. The van der Waals surface area contributed by atoms with Gasteiger partial charge in [0.25, 0.3) is 0 Å². The van der Waals surface area contributed by atoms with E-state index >= 15 is 0 Å². The molecule has 0 aliphatic rings. The molecule has 0 radical (unpaired) electrons. The predicted octanol–water partition coefficient (Wildman–Crippen LogP) is 3.23. The third-order valence-corrected chi connectivity index (χ3v) is 3.08. The topological polar surface area (TPSA) is 45.8 Å². The van der Waals surface area contributed by atoms with Crippen molar-refractivity contribution in [2.75, 3.05) is 0 Å². The highest BCUT2D eigenvalue weighted by atomic mass is 16.1. The van der Waals surface area contributed by atoms with Gasteiger partial charge in [-0.25, -0.2) is 0 Å². The van der Waals surface area contributed by atoms with E-state index in [2.05, 4.69) is 9.97 Å². The van der Waals surface area contributed by atoms with Crippen molar-refractivity contribution in [3.63, 3.8) is 0 Å². The molecule has 0 saturated carbocycles. The first-order valence-electron chi connectivity index (χ1n) is 5.55. The first kappa shape index (κ1) is 10.0. The van der Waals surface area contributed by atoms with Crippen LogP contribution in [0.15, 0.2) is 30.5 Å². The number of aromatic amines is 1. The summed E-state index contributed by atoms with van der Waals surface area (Å²) in [5, 5.41) is 2.04. The quantitative estimate of drug-likeness (QED) is 0.645. The molecule has 0 unspecified atom stereocenters. The molecule has 0 aliphatic carbocycles. The molecule has 0 amide bonds. The van der Waals surface area contributed by atoms with Crippen molar-refractivity contribution in [2.24, 2.45) is 0 Å². The molecule has 2 aromatic heterocycles. The molecule has 3 heteroatoms. The maximum Gasteiger partial charge on any atom is 0.162 e. The van der Waals surface area contributed by atoms with Gasteiger partial charge in [-0.15, -0.1) is 0 Å². The zero-order chi connectivity index (χ0) is 12.0. The molecular weight excluding hydrogens is 212 g/mol. The molecule has 17 heavy (non-hydrogen) atoms. The van der Waals surface area contributed by atoms with Crippen LogP contribution in [0.4, 0.5) is 0 Å². The van der Waals surface area contributed by atoms with Crippen LogP contribution in [-0.2, 0) is 0 Å². The summed E-state index contributed by atoms with van der Waals surface area (Å²) in [5.41, 5.74) is 3.55. The predicted molar refractivity (Wildman–Crippen MR) is 68.3 cm³/mol. The maximum atomic E-state index is 11.6. The van der Waals surface area contributed by atoms with Crippen molar-refractivity contribution in [3.05, 3.63) is 41.7 Å². The minimum atomic E-state index is 0.0871. The molecule has 0 saturated heterocycles. The number of rotatable bonds is 1. The summed E-state index contributed by atoms with van der Waals surface area (Å²) in [5.74, 6) is 0.0871. The number of hydrogen-bond donors (Lipinski definition) is 1. The van der Waals surface area contributed by atoms with Gasteiger partial charge in [0.05, 0.1) is 11.0 Å². The van der Waals surface area contributed by atoms with E-state index in [1.54, 1.807) is 13.1 Å². The van der Waals surface area contributed by atoms with Crippen LogP contribution in [-0.4, -0.2) is 15.8 Å². The van der Waals surface area contributed by atoms with Gasteiger partial charge in [0.1, 0.15) is 0 Å². The monoisotopic (exact) mass is 224 g/mol. The Bertz CT molecular complexity index is 740. The lowest BCUT2D eigenvalue weighted by atomic mass is 10.1. The molecule has 1 N–H and O–H groups in total. The van der Waals surface area contributed by atoms with Gasteiger partial charge in [-0.3, -0.25) is 9.78 Å². The lowest BCUT2D eigenvalue weighted by molar-refractivity contribution is 0.101. The van der Waals surface area contributed by atoms with Crippen LogP contribution >= 0.6 is 0 Å². The third kappa shape index (κ3) is 1.35. The van der Waals surface area contributed by atoms with Gasteiger partial charge in [-0.05, 0) is 19.9 Å². The summed E-state index contributed by atoms with van der Waals surface area (Å²) < 4.78 is 0. The number of nitrogens with zero attached hydrogens (tertiary/aromatic N) is 1. The largest absolute Gasteiger partial charge is 0.356 e. The number of fused-ring (bicyclic) bond motifs is 3. The van der Waals surface area contributed by atoms with E-state index in [4.69, 9.17) is 0 Å². The summed E-state index contributed by atoms with van der Waals surface area (Å²) in [6.07, 6.45) is 1.77. The zero-order valence-electron chi connectivity index (χ0n) is 9.74. The van der Waals surface area contributed by atoms with E-state index in [1.165, 1.54) is 0 Å². The Morgan fingerprint density at radius 1 is 1.29 bits per heavy atom. The average Bonchev–Trinajstić information content (AvgIpc) is 2.65. The normalized spacial score (nSPS) is 11.2. The van der Waals surface area contributed by atoms with Gasteiger partial charge in [-0.1, -0.05) is 18.2 Å². The molecule has 3 aromatic rings. The maximum absolute atomic E-state index is 11.6. The van der Waals surface area contributed by atoms with Crippen molar-refractivity contribution in [1.82, 2.24) is 9.97 Å². The second-order valence-electron chi connectivity index (χ2n) is 4.24. The van der Waals surface area contributed by atoms with Gasteiger partial charge >= 0.3 is 0 Å². The number of pyridine rings is 1. The van der Waals surface area contributed by atoms with E-state index in [0.29, 0.717) is 0 Å². The fourth-order valence-electron chi connectivity index (χ4n) is 2.39. The van der Waals surface area contributed by atoms with Crippen LogP contribution in [0.3, 0.4) is 0 Å². The Morgan fingerprint density at radius 3 is 2.88 bits per heavy atom. The summed E-state index contributed by atoms with van der Waals surface area (Å²) in [6.45, 7) is 3.52. The average molecular weight is 224 g/mol. The van der Waals surface area contributed by atoms with Crippen molar-refractivity contribution < 1.29 is 4.79 Å². The van der Waals surface area contributed by atoms with E-state index in [-0.39, 0.29) is 5.78 Å². The van der Waals surface area contributed by atoms with E-state index in [9.17, 15) is 4.79 Å². The van der Waals surface area contributed by atoms with Gasteiger partial charge in [0.2, 0.25) is 0 Å². The molecule has 0 bridgehead atoms. The second-order valence-corrected chi connectivity index (χ2v) is 4.24. The highest BCUT2D eigenvalue weighted by molar-refractivity contribution is 6.14. The SMILES string of the molecule is CC(=O)c1c(C)[nH]c2c1ccc1cccnc12. The van der Waals surface area contributed by atoms with Crippen LogP contribution in [0.25, 0.3) is 21.8 Å². The number of benzene rings is 1. The van der Waals surface area contributed by atoms with Crippen molar-refractivity contribution in [3.8, 4) is 0 Å². The number of H-pyrrole nitrogens is 1. The minimum Gasteiger partial charge on any atom is -0.356 e. The Balaban J connectivity index is 2.53. The molecule has 3 nitrogen and oxygen atoms in total. The number of Topliss-reactive ketones (excluding diaryl/α,β-unsaturated/α-hetero) is 1. The van der Waals surface area contributed by atoms with Crippen molar-refractivity contribution >= 4 is 27.6 Å². The summed E-state index contributed by atoms with van der Waals surface area (Å²) in [6, 6.07) is 7.92. The van der Waals surface area contributed by atoms with Gasteiger partial charge in [0.15, 0.2) is 5.78 Å². The molecule has 0 fully saturated rings. The molecule has 0 aliphatic heterocycles. The lowest BCUT2D eigenvalue weighted by Crippen LogP contribution is -1.92. The smallest absolute Gasteiger partial charge is 0.162 e. The molecule has 0 spiro atoms. The van der Waals surface area contributed by atoms with Crippen LogP contribution in [0.5, 0.6) is 0 Å². The fourth-order valence-corrected chi connectivity index (χ4v) is 2.39. The van der Waals surface area contributed by atoms with Crippen LogP contribution in [0.2, 0.25) is 0 Å². The first-order chi connectivity index (χ1) is 8.18. The van der Waals surface area contributed by atoms with Crippen LogP contribution in [0, 0.1) is 6.92 Å². The Labute approximate surface area is 98.5 Å². The van der Waals surface area contributed by atoms with E-state index in [1.807, 2.05) is 31.2 Å². The lowest BCUT2D eigenvalue weighted by Gasteiger charge is -1.98. The van der Waals surface area contributed by atoms with Gasteiger partial charge in [0, 0.05) is 28.2 Å². The number of ketones is 1.